The summed E-state index contributed by atoms with van der Waals surface area (Å²) < 4.78 is 5.04. The monoisotopic (exact) mass is 248 g/mol. The maximum atomic E-state index is 8.92. The van der Waals surface area contributed by atoms with Gasteiger partial charge >= 0.3 is 0 Å². The van der Waals surface area contributed by atoms with E-state index in [-0.39, 0.29) is 0 Å². The van der Waals surface area contributed by atoms with E-state index in [1.54, 1.807) is 18.5 Å². The third-order valence-electron chi connectivity index (χ3n) is 1.87. The summed E-state index contributed by atoms with van der Waals surface area (Å²) in [5, 5.41) is 8.92. The van der Waals surface area contributed by atoms with Crippen molar-refractivity contribution < 1.29 is 0 Å². The van der Waals surface area contributed by atoms with Gasteiger partial charge < -0.3 is 0 Å². The van der Waals surface area contributed by atoms with E-state index >= 15 is 0 Å². The molecule has 0 fully saturated rings. The van der Waals surface area contributed by atoms with Crippen LogP contribution in [0.2, 0.25) is 0 Å². The number of hydrogen-bond acceptors (Lipinski definition) is 6. The molecule has 16 heavy (non-hydrogen) atoms. The van der Waals surface area contributed by atoms with Gasteiger partial charge in [0.1, 0.15) is 11.9 Å². The lowest BCUT2D eigenvalue weighted by atomic mass is 10.3. The molecule has 0 saturated carbocycles. The van der Waals surface area contributed by atoms with E-state index in [9.17, 15) is 0 Å². The van der Waals surface area contributed by atoms with Gasteiger partial charge in [0.25, 0.3) is 0 Å². The zero-order valence-electron chi connectivity index (χ0n) is 8.54. The number of pyridine rings is 1. The lowest BCUT2D eigenvalue weighted by Gasteiger charge is -1.97. The Morgan fingerprint density at radius 2 is 2.44 bits per heavy atom. The lowest BCUT2D eigenvalue weighted by molar-refractivity contribution is 0.971. The maximum absolute atomic E-state index is 8.92. The summed E-state index contributed by atoms with van der Waals surface area (Å²) >= 11 is 2.79. The summed E-state index contributed by atoms with van der Waals surface area (Å²) in [5.41, 5.74) is 0.619. The maximum Gasteiger partial charge on any atom is 0.174 e. The number of aromatic nitrogens is 3. The SMILES string of the molecule is CCc1nsc(Sc2cnccc2C#N)n1. The van der Waals surface area contributed by atoms with Crippen LogP contribution in [-0.2, 0) is 6.42 Å². The minimum Gasteiger partial charge on any atom is -0.263 e. The highest BCUT2D eigenvalue weighted by Gasteiger charge is 2.08. The van der Waals surface area contributed by atoms with Crippen LogP contribution in [-0.4, -0.2) is 14.3 Å². The van der Waals surface area contributed by atoms with Crippen molar-refractivity contribution >= 4 is 23.3 Å². The first-order chi connectivity index (χ1) is 7.83. The van der Waals surface area contributed by atoms with Gasteiger partial charge in [-0.2, -0.15) is 9.64 Å². The Balaban J connectivity index is 2.24. The average Bonchev–Trinajstić information content (AvgIpc) is 2.77. The van der Waals surface area contributed by atoms with Gasteiger partial charge in [0, 0.05) is 18.8 Å². The van der Waals surface area contributed by atoms with Crippen molar-refractivity contribution in [2.75, 3.05) is 0 Å². The third-order valence-corrected chi connectivity index (χ3v) is 3.70. The van der Waals surface area contributed by atoms with Gasteiger partial charge in [-0.25, -0.2) is 4.98 Å². The molecule has 0 N–H and O–H groups in total. The lowest BCUT2D eigenvalue weighted by Crippen LogP contribution is -1.84. The van der Waals surface area contributed by atoms with E-state index < -0.39 is 0 Å². The Morgan fingerprint density at radius 1 is 1.56 bits per heavy atom. The van der Waals surface area contributed by atoms with Crippen LogP contribution < -0.4 is 0 Å². The highest BCUT2D eigenvalue weighted by atomic mass is 32.2. The van der Waals surface area contributed by atoms with Crippen molar-refractivity contribution in [2.45, 2.75) is 22.6 Å². The molecule has 0 radical (unpaired) electrons. The van der Waals surface area contributed by atoms with E-state index in [4.69, 9.17) is 5.26 Å². The van der Waals surface area contributed by atoms with E-state index in [0.717, 1.165) is 21.5 Å². The van der Waals surface area contributed by atoms with E-state index in [2.05, 4.69) is 20.4 Å². The third kappa shape index (κ3) is 2.38. The number of nitriles is 1. The second kappa shape index (κ2) is 5.05. The summed E-state index contributed by atoms with van der Waals surface area (Å²) in [6, 6.07) is 3.83. The molecule has 0 amide bonds. The molecule has 0 unspecified atom stereocenters. The van der Waals surface area contributed by atoms with Crippen LogP contribution in [0.3, 0.4) is 0 Å². The molecule has 80 valence electrons. The van der Waals surface area contributed by atoms with E-state index in [1.165, 1.54) is 23.3 Å². The van der Waals surface area contributed by atoms with Crippen LogP contribution in [0.1, 0.15) is 18.3 Å². The number of hydrogen-bond donors (Lipinski definition) is 0. The second-order valence-electron chi connectivity index (χ2n) is 2.92. The largest absolute Gasteiger partial charge is 0.263 e. The number of nitrogens with zero attached hydrogens (tertiary/aromatic N) is 4. The molecule has 0 aliphatic rings. The predicted molar refractivity (Wildman–Crippen MR) is 62.4 cm³/mol. The van der Waals surface area contributed by atoms with Gasteiger partial charge in [0.05, 0.1) is 10.5 Å². The Kier molecular flexibility index (Phi) is 3.49. The standard InChI is InChI=1S/C10H8N4S2/c1-2-9-13-10(16-14-9)15-8-6-12-4-3-7(8)5-11/h3-4,6H,2H2,1H3. The van der Waals surface area contributed by atoms with Crippen molar-refractivity contribution in [3.8, 4) is 6.07 Å². The van der Waals surface area contributed by atoms with Gasteiger partial charge in [0.15, 0.2) is 4.34 Å². The molecule has 4 nitrogen and oxygen atoms in total. The molecule has 2 heterocycles. The Hall–Kier alpha value is -1.45. The van der Waals surface area contributed by atoms with Crippen LogP contribution in [0.25, 0.3) is 0 Å². The molecule has 2 rings (SSSR count). The minimum absolute atomic E-state index is 0.619. The summed E-state index contributed by atoms with van der Waals surface area (Å²) in [6.07, 6.45) is 4.12. The highest BCUT2D eigenvalue weighted by Crippen LogP contribution is 2.30. The summed E-state index contributed by atoms with van der Waals surface area (Å²) in [7, 11) is 0. The van der Waals surface area contributed by atoms with Crippen molar-refractivity contribution in [3.63, 3.8) is 0 Å². The van der Waals surface area contributed by atoms with Crippen molar-refractivity contribution in [1.29, 1.82) is 5.26 Å². The molecule has 0 saturated heterocycles. The Bertz CT molecular complexity index is 530. The summed E-state index contributed by atoms with van der Waals surface area (Å²) in [4.78, 5) is 9.16. The molecular formula is C10H8N4S2. The molecule has 2 aromatic rings. The van der Waals surface area contributed by atoms with Crippen LogP contribution in [0.4, 0.5) is 0 Å². The summed E-state index contributed by atoms with van der Waals surface area (Å²) in [6.45, 7) is 2.02. The van der Waals surface area contributed by atoms with Gasteiger partial charge in [-0.05, 0) is 17.6 Å². The molecule has 0 aromatic carbocycles. The van der Waals surface area contributed by atoms with Crippen molar-refractivity contribution in [1.82, 2.24) is 14.3 Å². The van der Waals surface area contributed by atoms with Crippen molar-refractivity contribution in [2.24, 2.45) is 0 Å². The molecule has 0 aliphatic carbocycles. The van der Waals surface area contributed by atoms with Crippen LogP contribution in [0.5, 0.6) is 0 Å². The minimum atomic E-state index is 0.619. The number of rotatable bonds is 3. The van der Waals surface area contributed by atoms with Gasteiger partial charge in [-0.1, -0.05) is 18.7 Å². The molecule has 0 aliphatic heterocycles. The fourth-order valence-electron chi connectivity index (χ4n) is 1.07. The van der Waals surface area contributed by atoms with Gasteiger partial charge in [-0.3, -0.25) is 4.98 Å². The normalized spacial score (nSPS) is 10.0. The molecule has 2 aromatic heterocycles. The first-order valence-corrected chi connectivity index (χ1v) is 6.27. The molecule has 0 spiro atoms. The molecule has 0 bridgehead atoms. The number of aryl methyl sites for hydroxylation is 1. The fourth-order valence-corrected chi connectivity index (χ4v) is 2.78. The van der Waals surface area contributed by atoms with Crippen LogP contribution >= 0.6 is 23.3 Å². The first-order valence-electron chi connectivity index (χ1n) is 4.68. The van der Waals surface area contributed by atoms with Crippen LogP contribution in [0.15, 0.2) is 27.7 Å². The van der Waals surface area contributed by atoms with Gasteiger partial charge in [-0.15, -0.1) is 0 Å². The van der Waals surface area contributed by atoms with E-state index in [0.29, 0.717) is 5.56 Å². The zero-order valence-corrected chi connectivity index (χ0v) is 10.2. The van der Waals surface area contributed by atoms with E-state index in [1.807, 2.05) is 6.92 Å². The fraction of sp³-hybridized carbons (Fsp3) is 0.200. The molecule has 0 atom stereocenters. The Labute approximate surface area is 102 Å². The Morgan fingerprint density at radius 3 is 3.12 bits per heavy atom. The summed E-state index contributed by atoms with van der Waals surface area (Å²) in [5.74, 6) is 0.842. The highest BCUT2D eigenvalue weighted by molar-refractivity contribution is 8.01. The van der Waals surface area contributed by atoms with Crippen LogP contribution in [0, 0.1) is 11.3 Å². The van der Waals surface area contributed by atoms with Crippen molar-refractivity contribution in [3.05, 3.63) is 29.8 Å². The second-order valence-corrected chi connectivity index (χ2v) is 4.96. The topological polar surface area (TPSA) is 62.5 Å². The average molecular weight is 248 g/mol. The quantitative estimate of drug-likeness (QED) is 0.835. The smallest absolute Gasteiger partial charge is 0.174 e. The molecular weight excluding hydrogens is 240 g/mol. The van der Waals surface area contributed by atoms with Gasteiger partial charge in [0.2, 0.25) is 0 Å². The molecule has 6 heteroatoms. The first kappa shape index (κ1) is 11.0. The zero-order chi connectivity index (χ0) is 11.4. The predicted octanol–water partition coefficient (Wildman–Crippen LogP) is 2.52.